The number of aromatic nitrogens is 2. The molecule has 1 heterocycles. The predicted molar refractivity (Wildman–Crippen MR) is 73.1 cm³/mol. The van der Waals surface area contributed by atoms with Crippen LogP contribution in [0.5, 0.6) is 0 Å². The van der Waals surface area contributed by atoms with Crippen LogP contribution in [-0.2, 0) is 6.54 Å². The lowest BCUT2D eigenvalue weighted by atomic mass is 9.90. The topological polar surface area (TPSA) is 43.8 Å². The van der Waals surface area contributed by atoms with E-state index < -0.39 is 0 Å². The summed E-state index contributed by atoms with van der Waals surface area (Å²) in [5, 5.41) is 4.96. The molecule has 0 aliphatic carbocycles. The Kier molecular flexibility index (Phi) is 6.00. The van der Waals surface area contributed by atoms with Gasteiger partial charge in [-0.25, -0.2) is 0 Å². The minimum atomic E-state index is 0.00139. The average Bonchev–Trinajstić information content (AvgIpc) is 2.71. The third-order valence-corrected chi connectivity index (χ3v) is 3.70. The summed E-state index contributed by atoms with van der Waals surface area (Å²) in [5.41, 5.74) is 7.36. The summed E-state index contributed by atoms with van der Waals surface area (Å²) in [6, 6.07) is 0.00139. The molecule has 2 unspecified atom stereocenters. The smallest absolute Gasteiger partial charge is 0.0834 e. The molecule has 1 rings (SSSR count). The van der Waals surface area contributed by atoms with Gasteiger partial charge in [-0.3, -0.25) is 4.68 Å². The van der Waals surface area contributed by atoms with Crippen molar-refractivity contribution >= 4 is 11.6 Å². The van der Waals surface area contributed by atoms with Gasteiger partial charge >= 0.3 is 0 Å². The molecule has 3 nitrogen and oxygen atoms in total. The maximum Gasteiger partial charge on any atom is 0.0834 e. The normalized spacial score (nSPS) is 14.9. The minimum absolute atomic E-state index is 0.00139. The van der Waals surface area contributed by atoms with Gasteiger partial charge in [0.2, 0.25) is 0 Å². The summed E-state index contributed by atoms with van der Waals surface area (Å²) in [6.45, 7) is 7.29. The summed E-state index contributed by atoms with van der Waals surface area (Å²) in [7, 11) is 0. The molecule has 0 saturated heterocycles. The Bertz CT molecular complexity index is 335. The molecule has 0 saturated carbocycles. The van der Waals surface area contributed by atoms with Crippen molar-refractivity contribution in [1.29, 1.82) is 0 Å². The van der Waals surface area contributed by atoms with Gasteiger partial charge in [0.05, 0.1) is 23.0 Å². The second-order valence-corrected chi connectivity index (χ2v) is 4.94. The lowest BCUT2D eigenvalue weighted by Crippen LogP contribution is -2.24. The van der Waals surface area contributed by atoms with Crippen LogP contribution in [-0.4, -0.2) is 9.78 Å². The highest BCUT2D eigenvalue weighted by Gasteiger charge is 2.23. The van der Waals surface area contributed by atoms with Gasteiger partial charge in [-0.05, 0) is 19.3 Å². The van der Waals surface area contributed by atoms with E-state index in [1.54, 1.807) is 6.20 Å². The molecule has 1 aromatic heterocycles. The quantitative estimate of drug-likeness (QED) is 0.808. The van der Waals surface area contributed by atoms with E-state index in [0.29, 0.717) is 10.9 Å². The predicted octanol–water partition coefficient (Wildman–Crippen LogP) is 3.77. The van der Waals surface area contributed by atoms with E-state index in [0.717, 1.165) is 18.7 Å². The molecule has 0 amide bonds. The highest BCUT2D eigenvalue weighted by molar-refractivity contribution is 6.31. The van der Waals surface area contributed by atoms with Gasteiger partial charge in [-0.15, -0.1) is 0 Å². The summed E-state index contributed by atoms with van der Waals surface area (Å²) in [5.74, 6) is 0.495. The standard InChI is InChI=1S/C13H24ClN3/c1-4-7-8-10(5-2)12(15)13-11(14)9-16-17(13)6-3/h9-10,12H,4-8,15H2,1-3H3. The van der Waals surface area contributed by atoms with E-state index in [1.807, 2.05) is 4.68 Å². The van der Waals surface area contributed by atoms with Crippen molar-refractivity contribution in [3.8, 4) is 0 Å². The molecule has 98 valence electrons. The summed E-state index contributed by atoms with van der Waals surface area (Å²) in [6.07, 6.45) is 6.40. The highest BCUT2D eigenvalue weighted by Crippen LogP contribution is 2.31. The molecule has 4 heteroatoms. The maximum absolute atomic E-state index is 6.37. The van der Waals surface area contributed by atoms with Crippen LogP contribution in [0, 0.1) is 5.92 Å². The van der Waals surface area contributed by atoms with Crippen LogP contribution in [0.15, 0.2) is 6.20 Å². The highest BCUT2D eigenvalue weighted by atomic mass is 35.5. The number of halogens is 1. The molecule has 0 radical (unpaired) electrons. The zero-order valence-corrected chi connectivity index (χ0v) is 11.9. The fourth-order valence-electron chi connectivity index (χ4n) is 2.28. The van der Waals surface area contributed by atoms with Gasteiger partial charge < -0.3 is 5.73 Å². The fourth-order valence-corrected chi connectivity index (χ4v) is 2.55. The number of unbranched alkanes of at least 4 members (excludes halogenated alkanes) is 1. The van der Waals surface area contributed by atoms with Crippen LogP contribution in [0.2, 0.25) is 5.02 Å². The molecule has 2 atom stereocenters. The van der Waals surface area contributed by atoms with Crippen molar-refractivity contribution in [3.63, 3.8) is 0 Å². The Morgan fingerprint density at radius 1 is 1.41 bits per heavy atom. The zero-order valence-electron chi connectivity index (χ0n) is 11.1. The first-order valence-electron chi connectivity index (χ1n) is 6.62. The van der Waals surface area contributed by atoms with Crippen LogP contribution in [0.1, 0.15) is 58.2 Å². The van der Waals surface area contributed by atoms with Crippen LogP contribution < -0.4 is 5.73 Å². The summed E-state index contributed by atoms with van der Waals surface area (Å²) < 4.78 is 1.92. The van der Waals surface area contributed by atoms with Gasteiger partial charge in [0.25, 0.3) is 0 Å². The molecule has 0 spiro atoms. The largest absolute Gasteiger partial charge is 0.322 e. The van der Waals surface area contributed by atoms with E-state index in [1.165, 1.54) is 19.3 Å². The van der Waals surface area contributed by atoms with E-state index in [4.69, 9.17) is 17.3 Å². The van der Waals surface area contributed by atoms with Gasteiger partial charge in [0.15, 0.2) is 0 Å². The Morgan fingerprint density at radius 2 is 2.12 bits per heavy atom. The third-order valence-electron chi connectivity index (χ3n) is 3.41. The first-order valence-corrected chi connectivity index (χ1v) is 7.00. The summed E-state index contributed by atoms with van der Waals surface area (Å²) >= 11 is 6.19. The van der Waals surface area contributed by atoms with Crippen LogP contribution >= 0.6 is 11.6 Å². The molecule has 0 fully saturated rings. The number of rotatable bonds is 7. The van der Waals surface area contributed by atoms with E-state index in [2.05, 4.69) is 25.9 Å². The van der Waals surface area contributed by atoms with E-state index >= 15 is 0 Å². The molecular formula is C13H24ClN3. The molecule has 17 heavy (non-hydrogen) atoms. The molecule has 1 aromatic rings. The lowest BCUT2D eigenvalue weighted by Gasteiger charge is -2.23. The Labute approximate surface area is 109 Å². The summed E-state index contributed by atoms with van der Waals surface area (Å²) in [4.78, 5) is 0. The van der Waals surface area contributed by atoms with Gasteiger partial charge in [0.1, 0.15) is 0 Å². The zero-order chi connectivity index (χ0) is 12.8. The maximum atomic E-state index is 6.37. The molecule has 0 bridgehead atoms. The first-order chi connectivity index (χ1) is 8.15. The molecule has 0 aliphatic heterocycles. The second kappa shape index (κ2) is 7.02. The van der Waals surface area contributed by atoms with Crippen molar-refractivity contribution in [2.75, 3.05) is 0 Å². The van der Waals surface area contributed by atoms with Crippen molar-refractivity contribution < 1.29 is 0 Å². The number of nitrogens with zero attached hydrogens (tertiary/aromatic N) is 2. The molecular weight excluding hydrogens is 234 g/mol. The number of hydrogen-bond donors (Lipinski definition) is 1. The molecule has 0 aliphatic rings. The molecule has 0 aromatic carbocycles. The van der Waals surface area contributed by atoms with Crippen molar-refractivity contribution in [3.05, 3.63) is 16.9 Å². The number of aryl methyl sites for hydroxylation is 1. The Hall–Kier alpha value is -0.540. The second-order valence-electron chi connectivity index (χ2n) is 4.53. The van der Waals surface area contributed by atoms with Crippen molar-refractivity contribution in [2.24, 2.45) is 11.7 Å². The van der Waals surface area contributed by atoms with Gasteiger partial charge in [-0.2, -0.15) is 5.10 Å². The van der Waals surface area contributed by atoms with Gasteiger partial charge in [-0.1, -0.05) is 44.7 Å². The van der Waals surface area contributed by atoms with Crippen LogP contribution in [0.3, 0.4) is 0 Å². The number of nitrogens with two attached hydrogens (primary N) is 1. The minimum Gasteiger partial charge on any atom is -0.322 e. The molecule has 2 N–H and O–H groups in total. The Morgan fingerprint density at radius 3 is 2.65 bits per heavy atom. The first kappa shape index (κ1) is 14.5. The Balaban J connectivity index is 2.84. The fraction of sp³-hybridized carbons (Fsp3) is 0.769. The van der Waals surface area contributed by atoms with Gasteiger partial charge in [0, 0.05) is 6.54 Å². The van der Waals surface area contributed by atoms with Crippen molar-refractivity contribution in [1.82, 2.24) is 9.78 Å². The average molecular weight is 258 g/mol. The third kappa shape index (κ3) is 3.46. The van der Waals surface area contributed by atoms with E-state index in [-0.39, 0.29) is 6.04 Å². The van der Waals surface area contributed by atoms with E-state index in [9.17, 15) is 0 Å². The lowest BCUT2D eigenvalue weighted by molar-refractivity contribution is 0.361. The van der Waals surface area contributed by atoms with Crippen LogP contribution in [0.25, 0.3) is 0 Å². The van der Waals surface area contributed by atoms with Crippen molar-refractivity contribution in [2.45, 2.75) is 59.0 Å². The monoisotopic (exact) mass is 257 g/mol. The number of hydrogen-bond acceptors (Lipinski definition) is 2. The SMILES string of the molecule is CCCCC(CC)C(N)c1c(Cl)cnn1CC. The van der Waals surface area contributed by atoms with Crippen LogP contribution in [0.4, 0.5) is 0 Å².